The quantitative estimate of drug-likeness (QED) is 0.168. The summed E-state index contributed by atoms with van der Waals surface area (Å²) in [6.07, 6.45) is 7.11. The zero-order valence-corrected chi connectivity index (χ0v) is 34.5. The van der Waals surface area contributed by atoms with Crippen molar-refractivity contribution in [3.8, 4) is 44.5 Å². The van der Waals surface area contributed by atoms with E-state index in [9.17, 15) is 0 Å². The molecule has 4 saturated carbocycles. The third-order valence-electron chi connectivity index (χ3n) is 16.1. The molecular formula is C59H49N. The molecular weight excluding hydrogens is 723 g/mol. The van der Waals surface area contributed by atoms with Crippen molar-refractivity contribution in [1.29, 1.82) is 0 Å². The fourth-order valence-corrected chi connectivity index (χ4v) is 13.8. The van der Waals surface area contributed by atoms with Crippen LogP contribution in [-0.2, 0) is 10.8 Å². The van der Waals surface area contributed by atoms with E-state index in [2.05, 4.69) is 195 Å². The molecule has 0 radical (unpaired) electrons. The molecule has 6 aliphatic rings. The molecule has 4 bridgehead atoms. The van der Waals surface area contributed by atoms with Crippen LogP contribution in [0, 0.1) is 23.7 Å². The number of rotatable bonds is 5. The highest BCUT2D eigenvalue weighted by atomic mass is 15.1. The van der Waals surface area contributed by atoms with Gasteiger partial charge in [0.2, 0.25) is 0 Å². The highest BCUT2D eigenvalue weighted by Gasteiger charge is 2.61. The van der Waals surface area contributed by atoms with Crippen LogP contribution in [0.2, 0.25) is 0 Å². The summed E-state index contributed by atoms with van der Waals surface area (Å²) in [5.41, 5.74) is 20.4. The normalized spacial score (nSPS) is 23.4. The Balaban J connectivity index is 0.932. The van der Waals surface area contributed by atoms with Crippen molar-refractivity contribution in [1.82, 2.24) is 0 Å². The molecule has 0 saturated heterocycles. The minimum atomic E-state index is -0.0890. The Hall–Kier alpha value is -6.18. The lowest BCUT2D eigenvalue weighted by atomic mass is 9.43. The second kappa shape index (κ2) is 12.7. The van der Waals surface area contributed by atoms with E-state index >= 15 is 0 Å². The topological polar surface area (TPSA) is 3.24 Å². The molecule has 0 unspecified atom stereocenters. The summed E-state index contributed by atoms with van der Waals surface area (Å²) in [4.78, 5) is 2.46. The molecule has 60 heavy (non-hydrogen) atoms. The molecule has 1 heteroatoms. The predicted octanol–water partition coefficient (Wildman–Crippen LogP) is 15.7. The van der Waals surface area contributed by atoms with Gasteiger partial charge in [0, 0.05) is 27.9 Å². The predicted molar refractivity (Wildman–Crippen MR) is 250 cm³/mol. The molecule has 8 aromatic carbocycles. The summed E-state index contributed by atoms with van der Waals surface area (Å²) >= 11 is 0. The first-order valence-electron chi connectivity index (χ1n) is 22.4. The Morgan fingerprint density at radius 1 is 0.400 bits per heavy atom. The van der Waals surface area contributed by atoms with Gasteiger partial charge < -0.3 is 4.90 Å². The summed E-state index contributed by atoms with van der Waals surface area (Å²) in [5, 5.41) is 2.55. The van der Waals surface area contributed by atoms with E-state index in [-0.39, 0.29) is 10.8 Å². The fourth-order valence-electron chi connectivity index (χ4n) is 13.8. The Labute approximate surface area is 354 Å². The maximum atomic E-state index is 2.52. The van der Waals surface area contributed by atoms with Gasteiger partial charge in [-0.25, -0.2) is 0 Å². The highest BCUT2D eigenvalue weighted by molar-refractivity contribution is 5.97. The van der Waals surface area contributed by atoms with Crippen LogP contribution in [0.5, 0.6) is 0 Å². The Kier molecular flexibility index (Phi) is 7.32. The standard InChI is InChI=1S/C59H49N/c1-58(2)53-18-7-5-14-50(53)51-30-29-46(36-56(51)58)60(44-25-21-40(22-26-44)48-16-9-12-39-11-3-4-13-47(39)48)45-27-23-41(24-28-45)49-17-10-20-55-57(49)52-15-6-8-19-54(52)59(55)42-32-37-31-38(34-42)35-43(59)33-37/h3-30,36-38,42-43H,31-35H2,1-2H3. The van der Waals surface area contributed by atoms with Gasteiger partial charge in [-0.15, -0.1) is 0 Å². The van der Waals surface area contributed by atoms with Crippen molar-refractivity contribution in [3.05, 3.63) is 198 Å². The molecule has 14 rings (SSSR count). The molecule has 0 N–H and O–H groups in total. The molecule has 1 nitrogen and oxygen atoms in total. The van der Waals surface area contributed by atoms with Crippen LogP contribution in [0.4, 0.5) is 17.1 Å². The average molecular weight is 772 g/mol. The van der Waals surface area contributed by atoms with Gasteiger partial charge in [-0.2, -0.15) is 0 Å². The summed E-state index contributed by atoms with van der Waals surface area (Å²) in [6, 6.07) is 66.9. The summed E-state index contributed by atoms with van der Waals surface area (Å²) in [5.74, 6) is 3.41. The van der Waals surface area contributed by atoms with Gasteiger partial charge in [0.15, 0.2) is 0 Å². The summed E-state index contributed by atoms with van der Waals surface area (Å²) in [6.45, 7) is 4.76. The zero-order chi connectivity index (χ0) is 39.7. The van der Waals surface area contributed by atoms with Crippen molar-refractivity contribution < 1.29 is 0 Å². The Bertz CT molecular complexity index is 2990. The molecule has 0 heterocycles. The van der Waals surface area contributed by atoms with Crippen molar-refractivity contribution in [2.75, 3.05) is 4.90 Å². The number of fused-ring (bicyclic) bond motifs is 7. The lowest BCUT2D eigenvalue weighted by Crippen LogP contribution is -2.55. The third-order valence-corrected chi connectivity index (χ3v) is 16.1. The lowest BCUT2D eigenvalue weighted by molar-refractivity contribution is -0.0399. The van der Waals surface area contributed by atoms with Gasteiger partial charge in [0.25, 0.3) is 0 Å². The van der Waals surface area contributed by atoms with E-state index in [1.54, 1.807) is 11.1 Å². The second-order valence-corrected chi connectivity index (χ2v) is 19.3. The van der Waals surface area contributed by atoms with Crippen LogP contribution in [0.3, 0.4) is 0 Å². The van der Waals surface area contributed by atoms with Crippen molar-refractivity contribution in [2.24, 2.45) is 23.7 Å². The molecule has 0 aliphatic heterocycles. The van der Waals surface area contributed by atoms with Gasteiger partial charge in [-0.1, -0.05) is 153 Å². The monoisotopic (exact) mass is 771 g/mol. The highest BCUT2D eigenvalue weighted by Crippen LogP contribution is 2.70. The van der Waals surface area contributed by atoms with E-state index in [4.69, 9.17) is 0 Å². The molecule has 0 aromatic heterocycles. The zero-order valence-electron chi connectivity index (χ0n) is 34.5. The first kappa shape index (κ1) is 34.7. The first-order chi connectivity index (χ1) is 29.5. The number of hydrogen-bond donors (Lipinski definition) is 0. The Morgan fingerprint density at radius 2 is 0.917 bits per heavy atom. The molecule has 8 aromatic rings. The van der Waals surface area contributed by atoms with Crippen LogP contribution in [0.1, 0.15) is 68.2 Å². The molecule has 4 fully saturated rings. The number of nitrogens with zero attached hydrogens (tertiary/aromatic N) is 1. The van der Waals surface area contributed by atoms with E-state index < -0.39 is 0 Å². The number of hydrogen-bond acceptors (Lipinski definition) is 1. The molecule has 290 valence electrons. The Morgan fingerprint density at radius 3 is 1.65 bits per heavy atom. The average Bonchev–Trinajstić information content (AvgIpc) is 3.71. The van der Waals surface area contributed by atoms with Crippen molar-refractivity contribution >= 4 is 27.8 Å². The van der Waals surface area contributed by atoms with E-state index in [0.717, 1.165) is 35.0 Å². The van der Waals surface area contributed by atoms with Gasteiger partial charge in [0.1, 0.15) is 0 Å². The van der Waals surface area contributed by atoms with Crippen LogP contribution in [0.25, 0.3) is 55.3 Å². The SMILES string of the molecule is CC1(C)c2ccccc2-c2ccc(N(c3ccc(-c4cccc5c4-c4ccccc4C54C5CC6CC(C5)CC4C6)cc3)c3ccc(-c4cccc5ccccc45)cc3)cc21. The van der Waals surface area contributed by atoms with Crippen molar-refractivity contribution in [2.45, 2.75) is 56.8 Å². The maximum Gasteiger partial charge on any atom is 0.0465 e. The van der Waals surface area contributed by atoms with Crippen LogP contribution in [-0.4, -0.2) is 0 Å². The minimum Gasteiger partial charge on any atom is -0.310 e. The largest absolute Gasteiger partial charge is 0.310 e. The smallest absolute Gasteiger partial charge is 0.0465 e. The van der Waals surface area contributed by atoms with Crippen LogP contribution >= 0.6 is 0 Å². The number of benzene rings is 8. The van der Waals surface area contributed by atoms with Crippen LogP contribution < -0.4 is 4.90 Å². The summed E-state index contributed by atoms with van der Waals surface area (Å²) < 4.78 is 0. The second-order valence-electron chi connectivity index (χ2n) is 19.3. The van der Waals surface area contributed by atoms with Crippen LogP contribution in [0.15, 0.2) is 176 Å². The summed E-state index contributed by atoms with van der Waals surface area (Å²) in [7, 11) is 0. The molecule has 0 atom stereocenters. The van der Waals surface area contributed by atoms with E-state index in [0.29, 0.717) is 0 Å². The van der Waals surface area contributed by atoms with Gasteiger partial charge in [0.05, 0.1) is 0 Å². The lowest BCUT2D eigenvalue weighted by Gasteiger charge is -2.61. The minimum absolute atomic E-state index is 0.0890. The molecule has 0 amide bonds. The fraction of sp³-hybridized carbons (Fsp3) is 0.220. The van der Waals surface area contributed by atoms with Gasteiger partial charge in [-0.3, -0.25) is 0 Å². The van der Waals surface area contributed by atoms with E-state index in [1.807, 2.05) is 0 Å². The van der Waals surface area contributed by atoms with Crippen molar-refractivity contribution in [3.63, 3.8) is 0 Å². The number of anilines is 3. The first-order valence-corrected chi connectivity index (χ1v) is 22.4. The third kappa shape index (κ3) is 4.75. The molecule has 1 spiro atoms. The van der Waals surface area contributed by atoms with Gasteiger partial charge in [-0.05, 0) is 170 Å². The molecule has 6 aliphatic carbocycles. The van der Waals surface area contributed by atoms with Gasteiger partial charge >= 0.3 is 0 Å². The maximum absolute atomic E-state index is 2.52. The van der Waals surface area contributed by atoms with E-state index in [1.165, 1.54) is 104 Å².